The number of carbonyl (C=O) groups is 1. The second-order valence-electron chi connectivity index (χ2n) is 6.53. The lowest BCUT2D eigenvalue weighted by molar-refractivity contribution is 0.0956. The van der Waals surface area contributed by atoms with E-state index in [0.717, 1.165) is 5.69 Å². The molecule has 2 N–H and O–H groups in total. The van der Waals surface area contributed by atoms with E-state index in [4.69, 9.17) is 16.0 Å². The Kier molecular flexibility index (Phi) is 5.38. The molecule has 0 aliphatic rings. The minimum absolute atomic E-state index is 0.0649. The van der Waals surface area contributed by atoms with Crippen molar-refractivity contribution in [3.05, 3.63) is 58.8 Å². The maximum atomic E-state index is 12.6. The SMILES string of the molecule is CC(O)c1ccc(Cl)c(S(=O)(=O)NC(=O)c2cc3ccc(N(C)C)cc3o2)c1. The number of benzene rings is 2. The average Bonchev–Trinajstić information content (AvgIpc) is 3.04. The summed E-state index contributed by atoms with van der Waals surface area (Å²) in [6.45, 7) is 1.49. The number of carbonyl (C=O) groups excluding carboxylic acids is 1. The molecule has 0 saturated carbocycles. The Balaban J connectivity index is 1.92. The first kappa shape index (κ1) is 20.2. The Morgan fingerprint density at radius 1 is 1.18 bits per heavy atom. The molecule has 1 aromatic heterocycles. The van der Waals surface area contributed by atoms with Crippen molar-refractivity contribution in [3.8, 4) is 0 Å². The molecular weight excluding hydrogens is 404 g/mol. The minimum atomic E-state index is -4.26. The van der Waals surface area contributed by atoms with E-state index in [9.17, 15) is 18.3 Å². The predicted molar refractivity (Wildman–Crippen MR) is 107 cm³/mol. The number of aliphatic hydroxyl groups is 1. The third-order valence-electron chi connectivity index (χ3n) is 4.20. The number of hydrogen-bond donors (Lipinski definition) is 2. The first-order chi connectivity index (χ1) is 13.1. The Morgan fingerprint density at radius 2 is 1.89 bits per heavy atom. The summed E-state index contributed by atoms with van der Waals surface area (Å²) in [7, 11) is -0.523. The Morgan fingerprint density at radius 3 is 2.54 bits per heavy atom. The summed E-state index contributed by atoms with van der Waals surface area (Å²) in [4.78, 5) is 14.0. The van der Waals surface area contributed by atoms with E-state index >= 15 is 0 Å². The number of amides is 1. The summed E-state index contributed by atoms with van der Waals surface area (Å²) in [6, 6.07) is 10.9. The minimum Gasteiger partial charge on any atom is -0.451 e. The summed E-state index contributed by atoms with van der Waals surface area (Å²) in [5.74, 6) is -1.06. The number of nitrogens with one attached hydrogen (secondary N) is 1. The summed E-state index contributed by atoms with van der Waals surface area (Å²) in [5, 5.41) is 10.3. The Labute approximate surface area is 167 Å². The molecule has 28 heavy (non-hydrogen) atoms. The lowest BCUT2D eigenvalue weighted by Gasteiger charge is -2.11. The van der Waals surface area contributed by atoms with Gasteiger partial charge in [0.05, 0.1) is 11.1 Å². The van der Waals surface area contributed by atoms with Crippen LogP contribution in [-0.2, 0) is 10.0 Å². The second-order valence-corrected chi connectivity index (χ2v) is 8.59. The largest absolute Gasteiger partial charge is 0.451 e. The standard InChI is InChI=1S/C19H19ClN2O5S/c1-11(23)12-5-7-15(20)18(9-12)28(25,26)21-19(24)17-8-13-4-6-14(22(2)3)10-16(13)27-17/h4-11,23H,1-3H3,(H,21,24). The Bertz CT molecular complexity index is 1150. The van der Waals surface area contributed by atoms with Crippen LogP contribution in [0.5, 0.6) is 0 Å². The van der Waals surface area contributed by atoms with Gasteiger partial charge < -0.3 is 14.4 Å². The number of anilines is 1. The van der Waals surface area contributed by atoms with Gasteiger partial charge in [-0.05, 0) is 42.8 Å². The number of furan rings is 1. The molecule has 9 heteroatoms. The topological polar surface area (TPSA) is 99.8 Å². The van der Waals surface area contributed by atoms with Crippen LogP contribution in [0.15, 0.2) is 51.8 Å². The molecule has 3 rings (SSSR count). The zero-order chi connectivity index (χ0) is 20.6. The molecule has 0 bridgehead atoms. The average molecular weight is 423 g/mol. The maximum Gasteiger partial charge on any atom is 0.300 e. The van der Waals surface area contributed by atoms with Crippen LogP contribution < -0.4 is 9.62 Å². The second kappa shape index (κ2) is 7.46. The van der Waals surface area contributed by atoms with E-state index in [0.29, 0.717) is 16.5 Å². The fourth-order valence-electron chi connectivity index (χ4n) is 2.62. The van der Waals surface area contributed by atoms with Gasteiger partial charge in [-0.15, -0.1) is 0 Å². The Hall–Kier alpha value is -2.55. The van der Waals surface area contributed by atoms with E-state index in [1.165, 1.54) is 31.2 Å². The van der Waals surface area contributed by atoms with Gasteiger partial charge in [-0.2, -0.15) is 0 Å². The summed E-state index contributed by atoms with van der Waals surface area (Å²) >= 11 is 5.99. The highest BCUT2D eigenvalue weighted by Crippen LogP contribution is 2.27. The van der Waals surface area contributed by atoms with Gasteiger partial charge in [-0.3, -0.25) is 4.79 Å². The molecule has 0 spiro atoms. The van der Waals surface area contributed by atoms with Crippen LogP contribution in [0.3, 0.4) is 0 Å². The number of aliphatic hydroxyl groups excluding tert-OH is 1. The van der Waals surface area contributed by atoms with Crippen LogP contribution in [0, 0.1) is 0 Å². The lowest BCUT2D eigenvalue weighted by atomic mass is 10.1. The predicted octanol–water partition coefficient (Wildman–Crippen LogP) is 3.32. The highest BCUT2D eigenvalue weighted by molar-refractivity contribution is 7.90. The molecule has 0 aliphatic heterocycles. The number of halogens is 1. The fraction of sp³-hybridized carbons (Fsp3) is 0.211. The van der Waals surface area contributed by atoms with Crippen molar-refractivity contribution in [2.75, 3.05) is 19.0 Å². The van der Waals surface area contributed by atoms with Crippen molar-refractivity contribution in [2.24, 2.45) is 0 Å². The van der Waals surface area contributed by atoms with Gasteiger partial charge in [0, 0.05) is 31.2 Å². The van der Waals surface area contributed by atoms with Gasteiger partial charge in [0.25, 0.3) is 10.0 Å². The molecule has 3 aromatic rings. The molecular formula is C19H19ClN2O5S. The van der Waals surface area contributed by atoms with Crippen molar-refractivity contribution in [2.45, 2.75) is 17.9 Å². The number of hydrogen-bond acceptors (Lipinski definition) is 6. The van der Waals surface area contributed by atoms with E-state index in [1.807, 2.05) is 29.8 Å². The molecule has 1 amide bonds. The van der Waals surface area contributed by atoms with E-state index in [1.54, 1.807) is 12.1 Å². The van der Waals surface area contributed by atoms with Crippen molar-refractivity contribution in [3.63, 3.8) is 0 Å². The van der Waals surface area contributed by atoms with Crippen LogP contribution >= 0.6 is 11.6 Å². The zero-order valence-electron chi connectivity index (χ0n) is 15.4. The number of rotatable bonds is 5. The molecule has 1 heterocycles. The first-order valence-electron chi connectivity index (χ1n) is 8.34. The van der Waals surface area contributed by atoms with E-state index in [2.05, 4.69) is 0 Å². The molecule has 0 fully saturated rings. The third-order valence-corrected chi connectivity index (χ3v) is 6.01. The van der Waals surface area contributed by atoms with Gasteiger partial charge >= 0.3 is 5.91 Å². The zero-order valence-corrected chi connectivity index (χ0v) is 17.0. The smallest absolute Gasteiger partial charge is 0.300 e. The van der Waals surface area contributed by atoms with Crippen molar-refractivity contribution in [1.29, 1.82) is 0 Å². The van der Waals surface area contributed by atoms with E-state index < -0.39 is 22.0 Å². The molecule has 2 aromatic carbocycles. The summed E-state index contributed by atoms with van der Waals surface area (Å²) in [5.41, 5.74) is 1.70. The quantitative estimate of drug-likeness (QED) is 0.654. The van der Waals surface area contributed by atoms with Gasteiger partial charge in [0.15, 0.2) is 5.76 Å². The van der Waals surface area contributed by atoms with Gasteiger partial charge in [-0.1, -0.05) is 17.7 Å². The van der Waals surface area contributed by atoms with Gasteiger partial charge in [0.1, 0.15) is 10.5 Å². The van der Waals surface area contributed by atoms with Crippen LogP contribution in [0.25, 0.3) is 11.0 Å². The number of sulfonamides is 1. The fourth-order valence-corrected chi connectivity index (χ4v) is 4.12. The number of nitrogens with zero attached hydrogens (tertiary/aromatic N) is 1. The molecule has 0 saturated heterocycles. The van der Waals surface area contributed by atoms with Crippen molar-refractivity contribution in [1.82, 2.24) is 4.72 Å². The normalized spacial score (nSPS) is 12.8. The van der Waals surface area contributed by atoms with Crippen LogP contribution in [0.2, 0.25) is 5.02 Å². The maximum absolute atomic E-state index is 12.6. The summed E-state index contributed by atoms with van der Waals surface area (Å²) in [6.07, 6.45) is -0.886. The third kappa shape index (κ3) is 3.99. The van der Waals surface area contributed by atoms with Crippen LogP contribution in [-0.4, -0.2) is 33.5 Å². The lowest BCUT2D eigenvalue weighted by Crippen LogP contribution is -2.30. The monoisotopic (exact) mass is 422 g/mol. The highest BCUT2D eigenvalue weighted by Gasteiger charge is 2.24. The molecule has 0 radical (unpaired) electrons. The molecule has 148 valence electrons. The molecule has 0 aliphatic carbocycles. The number of fused-ring (bicyclic) bond motifs is 1. The van der Waals surface area contributed by atoms with E-state index in [-0.39, 0.29) is 15.7 Å². The van der Waals surface area contributed by atoms with Crippen molar-refractivity contribution < 1.29 is 22.7 Å². The van der Waals surface area contributed by atoms with Crippen LogP contribution in [0.1, 0.15) is 29.1 Å². The summed E-state index contributed by atoms with van der Waals surface area (Å²) < 4.78 is 32.7. The highest BCUT2D eigenvalue weighted by atomic mass is 35.5. The van der Waals surface area contributed by atoms with Gasteiger partial charge in [0.2, 0.25) is 0 Å². The van der Waals surface area contributed by atoms with Crippen molar-refractivity contribution >= 4 is 44.2 Å². The molecule has 1 unspecified atom stereocenters. The van der Waals surface area contributed by atoms with Crippen LogP contribution in [0.4, 0.5) is 5.69 Å². The molecule has 1 atom stereocenters. The molecule has 7 nitrogen and oxygen atoms in total. The first-order valence-corrected chi connectivity index (χ1v) is 10.2. The van der Waals surface area contributed by atoms with Gasteiger partial charge in [-0.25, -0.2) is 13.1 Å².